The van der Waals surface area contributed by atoms with E-state index in [2.05, 4.69) is 0 Å². The molecule has 0 bridgehead atoms. The zero-order valence-electron chi connectivity index (χ0n) is 9.67. The number of hydrogen-bond donors (Lipinski definition) is 1. The number of anilines is 1. The van der Waals surface area contributed by atoms with Crippen molar-refractivity contribution in [3.8, 4) is 0 Å². The molecule has 0 radical (unpaired) electrons. The fraction of sp³-hybridized carbons (Fsp3) is 0.500. The number of alkyl halides is 3. The zero-order chi connectivity index (χ0) is 13.3. The van der Waals surface area contributed by atoms with Crippen LogP contribution in [0.3, 0.4) is 0 Å². The lowest BCUT2D eigenvalue weighted by Gasteiger charge is -2.21. The van der Waals surface area contributed by atoms with Crippen LogP contribution in [0.4, 0.5) is 18.9 Å². The van der Waals surface area contributed by atoms with Gasteiger partial charge in [0.1, 0.15) is 0 Å². The molecule has 1 aliphatic heterocycles. The summed E-state index contributed by atoms with van der Waals surface area (Å²) in [5.41, 5.74) is 7.00. The minimum absolute atomic E-state index is 0.0226. The lowest BCUT2D eigenvalue weighted by molar-refractivity contribution is -0.168. The Kier molecular flexibility index (Phi) is 3.73. The molecular weight excluding hydrogens is 265 g/mol. The van der Waals surface area contributed by atoms with Crippen LogP contribution in [0.1, 0.15) is 12.0 Å². The average molecular weight is 279 g/mol. The molecule has 0 aromatic heterocycles. The summed E-state index contributed by atoms with van der Waals surface area (Å²) in [6.07, 6.45) is -4.00. The molecule has 2 rings (SSSR count). The summed E-state index contributed by atoms with van der Waals surface area (Å²) in [7, 11) is 0. The van der Waals surface area contributed by atoms with Crippen LogP contribution >= 0.6 is 11.6 Å². The Hall–Kier alpha value is -0.940. The minimum Gasteiger partial charge on any atom is -0.370 e. The molecule has 1 aromatic carbocycles. The molecule has 0 spiro atoms. The van der Waals surface area contributed by atoms with Crippen LogP contribution in [0, 0.1) is 5.92 Å². The van der Waals surface area contributed by atoms with Gasteiger partial charge in [0.25, 0.3) is 0 Å². The third kappa shape index (κ3) is 2.72. The summed E-state index contributed by atoms with van der Waals surface area (Å²) < 4.78 is 37.8. The summed E-state index contributed by atoms with van der Waals surface area (Å²) in [5.74, 6) is -1.26. The summed E-state index contributed by atoms with van der Waals surface area (Å²) in [6, 6.07) is 5.24. The molecule has 0 aliphatic carbocycles. The van der Waals surface area contributed by atoms with E-state index in [1.807, 2.05) is 0 Å². The highest BCUT2D eigenvalue weighted by molar-refractivity contribution is 6.33. The minimum atomic E-state index is -4.13. The number of rotatable bonds is 2. The molecule has 0 saturated carbocycles. The van der Waals surface area contributed by atoms with E-state index >= 15 is 0 Å². The molecule has 2 N–H and O–H groups in total. The molecule has 1 aliphatic rings. The fourth-order valence-electron chi connectivity index (χ4n) is 2.18. The van der Waals surface area contributed by atoms with E-state index in [9.17, 15) is 13.2 Å². The van der Waals surface area contributed by atoms with E-state index in [4.69, 9.17) is 17.3 Å². The van der Waals surface area contributed by atoms with Crippen LogP contribution in [-0.2, 0) is 6.54 Å². The van der Waals surface area contributed by atoms with E-state index < -0.39 is 12.1 Å². The predicted octanol–water partition coefficient (Wildman–Crippen LogP) is 3.19. The molecule has 0 amide bonds. The van der Waals surface area contributed by atoms with Gasteiger partial charge in [-0.2, -0.15) is 13.2 Å². The van der Waals surface area contributed by atoms with Crippen molar-refractivity contribution in [2.24, 2.45) is 11.7 Å². The number of nitrogens with two attached hydrogens (primary N) is 1. The molecule has 1 unspecified atom stereocenters. The summed E-state index contributed by atoms with van der Waals surface area (Å²) >= 11 is 6.07. The Morgan fingerprint density at radius 2 is 2.11 bits per heavy atom. The number of halogens is 4. The van der Waals surface area contributed by atoms with Gasteiger partial charge in [0, 0.05) is 19.6 Å². The van der Waals surface area contributed by atoms with Crippen LogP contribution in [0.15, 0.2) is 18.2 Å². The molecule has 1 heterocycles. The van der Waals surface area contributed by atoms with Gasteiger partial charge in [-0.3, -0.25) is 0 Å². The molecule has 2 nitrogen and oxygen atoms in total. The molecule has 1 atom stereocenters. The van der Waals surface area contributed by atoms with Gasteiger partial charge < -0.3 is 10.6 Å². The largest absolute Gasteiger partial charge is 0.393 e. The van der Waals surface area contributed by atoms with Crippen molar-refractivity contribution >= 4 is 17.3 Å². The van der Waals surface area contributed by atoms with Gasteiger partial charge in [-0.15, -0.1) is 0 Å². The van der Waals surface area contributed by atoms with Crippen LogP contribution in [0.25, 0.3) is 0 Å². The summed E-state index contributed by atoms with van der Waals surface area (Å²) in [6.45, 7) is 0.724. The molecule has 1 aromatic rings. The topological polar surface area (TPSA) is 29.3 Å². The Bertz CT molecular complexity index is 434. The number of nitrogens with zero attached hydrogens (tertiary/aromatic N) is 1. The van der Waals surface area contributed by atoms with Gasteiger partial charge >= 0.3 is 6.18 Å². The molecule has 6 heteroatoms. The standard InChI is InChI=1S/C12H14ClF3N2/c13-10-5-8(6-17)1-2-11(10)18-4-3-9(7-18)12(14,15)16/h1-2,5,9H,3-4,6-7,17H2. The number of hydrogen-bond acceptors (Lipinski definition) is 2. The van der Waals surface area contributed by atoms with Crippen molar-refractivity contribution in [1.29, 1.82) is 0 Å². The van der Waals surface area contributed by atoms with E-state index in [0.717, 1.165) is 5.56 Å². The first kappa shape index (κ1) is 13.5. The molecule has 100 valence electrons. The number of benzene rings is 1. The van der Waals surface area contributed by atoms with Crippen molar-refractivity contribution in [1.82, 2.24) is 0 Å². The van der Waals surface area contributed by atoms with Crippen LogP contribution in [-0.4, -0.2) is 19.3 Å². The van der Waals surface area contributed by atoms with Gasteiger partial charge in [0.15, 0.2) is 0 Å². The highest BCUT2D eigenvalue weighted by atomic mass is 35.5. The van der Waals surface area contributed by atoms with E-state index in [0.29, 0.717) is 23.8 Å². The highest BCUT2D eigenvalue weighted by Gasteiger charge is 2.43. The quantitative estimate of drug-likeness (QED) is 0.900. The third-order valence-corrected chi connectivity index (χ3v) is 3.54. The van der Waals surface area contributed by atoms with E-state index in [1.165, 1.54) is 0 Å². The van der Waals surface area contributed by atoms with Crippen LogP contribution in [0.5, 0.6) is 0 Å². The first-order chi connectivity index (χ1) is 8.41. The smallest absolute Gasteiger partial charge is 0.370 e. The predicted molar refractivity (Wildman–Crippen MR) is 65.7 cm³/mol. The Morgan fingerprint density at radius 1 is 1.39 bits per heavy atom. The van der Waals surface area contributed by atoms with Crippen molar-refractivity contribution < 1.29 is 13.2 Å². The van der Waals surface area contributed by atoms with E-state index in [-0.39, 0.29) is 13.0 Å². The maximum atomic E-state index is 12.6. The van der Waals surface area contributed by atoms with Gasteiger partial charge in [0.05, 0.1) is 16.6 Å². The fourth-order valence-corrected chi connectivity index (χ4v) is 2.50. The Morgan fingerprint density at radius 3 is 2.61 bits per heavy atom. The van der Waals surface area contributed by atoms with Crippen LogP contribution < -0.4 is 10.6 Å². The average Bonchev–Trinajstić information content (AvgIpc) is 2.77. The monoisotopic (exact) mass is 278 g/mol. The van der Waals surface area contributed by atoms with Gasteiger partial charge in [-0.05, 0) is 24.1 Å². The van der Waals surface area contributed by atoms with Crippen molar-refractivity contribution in [3.63, 3.8) is 0 Å². The van der Waals surface area contributed by atoms with E-state index in [1.54, 1.807) is 23.1 Å². The first-order valence-corrected chi connectivity index (χ1v) is 6.09. The van der Waals surface area contributed by atoms with Crippen LogP contribution in [0.2, 0.25) is 5.02 Å². The van der Waals surface area contributed by atoms with Gasteiger partial charge in [-0.1, -0.05) is 17.7 Å². The summed E-state index contributed by atoms with van der Waals surface area (Å²) in [4.78, 5) is 1.68. The molecule has 1 fully saturated rings. The van der Waals surface area contributed by atoms with Gasteiger partial charge in [0.2, 0.25) is 0 Å². The molecular formula is C12H14ClF3N2. The maximum absolute atomic E-state index is 12.6. The normalized spacial score (nSPS) is 20.5. The SMILES string of the molecule is NCc1ccc(N2CCC(C(F)(F)F)C2)c(Cl)c1. The zero-order valence-corrected chi connectivity index (χ0v) is 10.4. The second kappa shape index (κ2) is 4.97. The van der Waals surface area contributed by atoms with Gasteiger partial charge in [-0.25, -0.2) is 0 Å². The Labute approximate surface area is 109 Å². The summed E-state index contributed by atoms with van der Waals surface area (Å²) in [5, 5.41) is 0.459. The van der Waals surface area contributed by atoms with Crippen molar-refractivity contribution in [2.45, 2.75) is 19.1 Å². The third-order valence-electron chi connectivity index (χ3n) is 3.24. The van der Waals surface area contributed by atoms with Crippen molar-refractivity contribution in [2.75, 3.05) is 18.0 Å². The molecule has 1 saturated heterocycles. The highest BCUT2D eigenvalue weighted by Crippen LogP contribution is 2.37. The second-order valence-electron chi connectivity index (χ2n) is 4.46. The Balaban J connectivity index is 2.14. The second-order valence-corrected chi connectivity index (χ2v) is 4.87. The lowest BCUT2D eigenvalue weighted by Crippen LogP contribution is -2.27. The maximum Gasteiger partial charge on any atom is 0.393 e. The van der Waals surface area contributed by atoms with Crippen molar-refractivity contribution in [3.05, 3.63) is 28.8 Å². The lowest BCUT2D eigenvalue weighted by atomic mass is 10.1. The molecule has 18 heavy (non-hydrogen) atoms. The first-order valence-electron chi connectivity index (χ1n) is 5.72.